The minimum atomic E-state index is 0.0953. The predicted molar refractivity (Wildman–Crippen MR) is 112 cm³/mol. The molecular formula is C21H30N4O2S. The van der Waals surface area contributed by atoms with E-state index in [0.717, 1.165) is 41.6 Å². The van der Waals surface area contributed by atoms with Gasteiger partial charge in [0.15, 0.2) is 5.16 Å². The van der Waals surface area contributed by atoms with Crippen molar-refractivity contribution in [3.8, 4) is 5.75 Å². The minimum absolute atomic E-state index is 0.0953. The van der Waals surface area contributed by atoms with Gasteiger partial charge in [0.25, 0.3) is 0 Å². The Hall–Kier alpha value is -2.02. The summed E-state index contributed by atoms with van der Waals surface area (Å²) in [6, 6.07) is 8.41. The van der Waals surface area contributed by atoms with Crippen molar-refractivity contribution >= 4 is 17.7 Å². The van der Waals surface area contributed by atoms with E-state index in [-0.39, 0.29) is 5.91 Å². The van der Waals surface area contributed by atoms with Crippen molar-refractivity contribution < 1.29 is 9.53 Å². The molecule has 1 N–H and O–H groups in total. The first-order valence-electron chi connectivity index (χ1n) is 10.1. The number of hydrogen-bond donors (Lipinski definition) is 1. The van der Waals surface area contributed by atoms with Gasteiger partial charge in [0.1, 0.15) is 11.6 Å². The molecule has 1 aliphatic rings. The fraction of sp³-hybridized carbons (Fsp3) is 0.571. The molecule has 1 heterocycles. The van der Waals surface area contributed by atoms with Crippen molar-refractivity contribution in [1.82, 2.24) is 20.1 Å². The fourth-order valence-electron chi connectivity index (χ4n) is 3.76. The highest BCUT2D eigenvalue weighted by molar-refractivity contribution is 7.98. The highest BCUT2D eigenvalue weighted by Gasteiger charge is 2.23. The van der Waals surface area contributed by atoms with Gasteiger partial charge in [-0.05, 0) is 49.6 Å². The van der Waals surface area contributed by atoms with Crippen LogP contribution in [0.3, 0.4) is 0 Å². The van der Waals surface area contributed by atoms with E-state index >= 15 is 0 Å². The summed E-state index contributed by atoms with van der Waals surface area (Å²) < 4.78 is 7.49. The zero-order valence-corrected chi connectivity index (χ0v) is 17.6. The van der Waals surface area contributed by atoms with Crippen LogP contribution < -0.4 is 10.1 Å². The van der Waals surface area contributed by atoms with E-state index in [1.54, 1.807) is 18.9 Å². The molecule has 1 aromatic heterocycles. The zero-order valence-electron chi connectivity index (χ0n) is 16.8. The van der Waals surface area contributed by atoms with Gasteiger partial charge in [-0.25, -0.2) is 0 Å². The van der Waals surface area contributed by atoms with Gasteiger partial charge in [0.05, 0.1) is 7.11 Å². The summed E-state index contributed by atoms with van der Waals surface area (Å²) in [5.41, 5.74) is 1.14. The van der Waals surface area contributed by atoms with E-state index in [1.165, 1.54) is 25.7 Å². The lowest BCUT2D eigenvalue weighted by Crippen LogP contribution is -2.25. The summed E-state index contributed by atoms with van der Waals surface area (Å²) in [4.78, 5) is 12.1. The first-order chi connectivity index (χ1) is 13.7. The molecule has 0 bridgehead atoms. The molecule has 0 spiro atoms. The summed E-state index contributed by atoms with van der Waals surface area (Å²) in [5, 5.41) is 12.8. The van der Waals surface area contributed by atoms with E-state index in [9.17, 15) is 4.79 Å². The number of aromatic nitrogens is 3. The van der Waals surface area contributed by atoms with Crippen LogP contribution in [-0.2, 0) is 17.6 Å². The van der Waals surface area contributed by atoms with Gasteiger partial charge < -0.3 is 14.6 Å². The topological polar surface area (TPSA) is 69.0 Å². The van der Waals surface area contributed by atoms with Gasteiger partial charge in [0, 0.05) is 25.4 Å². The van der Waals surface area contributed by atoms with Gasteiger partial charge in [0.2, 0.25) is 5.91 Å². The van der Waals surface area contributed by atoms with E-state index in [1.807, 2.05) is 24.3 Å². The number of benzene rings is 1. The SMILES string of the molecule is COc1ccc(CCC(=O)NCCCc2nnc(SC)n2C2CCCC2)cc1. The lowest BCUT2D eigenvalue weighted by molar-refractivity contribution is -0.121. The van der Waals surface area contributed by atoms with Crippen LogP contribution in [0.1, 0.15) is 56.0 Å². The second-order valence-corrected chi connectivity index (χ2v) is 7.99. The number of ether oxygens (including phenoxy) is 1. The number of carbonyl (C=O) groups is 1. The van der Waals surface area contributed by atoms with Crippen molar-refractivity contribution in [1.29, 1.82) is 0 Å². The van der Waals surface area contributed by atoms with E-state index in [0.29, 0.717) is 19.0 Å². The molecule has 1 saturated carbocycles. The summed E-state index contributed by atoms with van der Waals surface area (Å²) in [7, 11) is 1.65. The molecule has 1 aromatic carbocycles. The maximum atomic E-state index is 12.1. The lowest BCUT2D eigenvalue weighted by Gasteiger charge is -2.16. The first kappa shape index (κ1) is 20.7. The van der Waals surface area contributed by atoms with E-state index in [4.69, 9.17) is 4.74 Å². The molecule has 6 nitrogen and oxygen atoms in total. The van der Waals surface area contributed by atoms with Gasteiger partial charge in [-0.2, -0.15) is 0 Å². The van der Waals surface area contributed by atoms with Crippen molar-refractivity contribution in [2.24, 2.45) is 0 Å². The minimum Gasteiger partial charge on any atom is -0.497 e. The monoisotopic (exact) mass is 402 g/mol. The molecule has 0 radical (unpaired) electrons. The van der Waals surface area contributed by atoms with Crippen molar-refractivity contribution in [3.05, 3.63) is 35.7 Å². The van der Waals surface area contributed by atoms with Crippen molar-refractivity contribution in [2.75, 3.05) is 19.9 Å². The van der Waals surface area contributed by atoms with Crippen molar-refractivity contribution in [3.63, 3.8) is 0 Å². The third-order valence-electron chi connectivity index (χ3n) is 5.31. The average molecular weight is 403 g/mol. The van der Waals surface area contributed by atoms with E-state index < -0.39 is 0 Å². The largest absolute Gasteiger partial charge is 0.497 e. The van der Waals surface area contributed by atoms with Crippen molar-refractivity contribution in [2.45, 2.75) is 62.6 Å². The molecule has 1 aliphatic carbocycles. The maximum absolute atomic E-state index is 12.1. The molecular weight excluding hydrogens is 372 g/mol. The summed E-state index contributed by atoms with van der Waals surface area (Å²) >= 11 is 1.67. The third kappa shape index (κ3) is 5.50. The molecule has 0 aliphatic heterocycles. The normalized spacial score (nSPS) is 14.4. The number of rotatable bonds is 10. The second kappa shape index (κ2) is 10.5. The van der Waals surface area contributed by atoms with E-state index in [2.05, 4.69) is 26.3 Å². The second-order valence-electron chi connectivity index (χ2n) is 7.21. The van der Waals surface area contributed by atoms with Crippen LogP contribution in [0.4, 0.5) is 0 Å². The van der Waals surface area contributed by atoms with Crippen LogP contribution in [0, 0.1) is 0 Å². The Morgan fingerprint density at radius 3 is 2.64 bits per heavy atom. The predicted octanol–water partition coefficient (Wildman–Crippen LogP) is 3.81. The molecule has 0 unspecified atom stereocenters. The van der Waals surface area contributed by atoms with Gasteiger partial charge in [-0.15, -0.1) is 10.2 Å². The Balaban J connectivity index is 1.40. The number of hydrogen-bond acceptors (Lipinski definition) is 5. The smallest absolute Gasteiger partial charge is 0.220 e. The third-order valence-corrected chi connectivity index (χ3v) is 5.95. The van der Waals surface area contributed by atoms with Crippen LogP contribution >= 0.6 is 11.8 Å². The number of methoxy groups -OCH3 is 1. The molecule has 1 fully saturated rings. The quantitative estimate of drug-likeness (QED) is 0.483. The summed E-state index contributed by atoms with van der Waals surface area (Å²) in [6.45, 7) is 0.674. The Kier molecular flexibility index (Phi) is 7.77. The highest BCUT2D eigenvalue weighted by Crippen LogP contribution is 2.33. The Bertz CT molecular complexity index is 754. The van der Waals surface area contributed by atoms with Crippen LogP contribution in [0.5, 0.6) is 5.75 Å². The molecule has 28 heavy (non-hydrogen) atoms. The average Bonchev–Trinajstić information content (AvgIpc) is 3.39. The van der Waals surface area contributed by atoms with Crippen LogP contribution in [0.25, 0.3) is 0 Å². The Labute approximate surface area is 171 Å². The first-order valence-corrected chi connectivity index (χ1v) is 11.3. The molecule has 7 heteroatoms. The standard InChI is InChI=1S/C21H30N4O2S/c1-27-18-12-9-16(10-13-18)11-14-20(26)22-15-5-8-19-23-24-21(28-2)25(19)17-6-3-4-7-17/h9-10,12-13,17H,3-8,11,14-15H2,1-2H3,(H,22,26). The highest BCUT2D eigenvalue weighted by atomic mass is 32.2. The molecule has 0 saturated heterocycles. The van der Waals surface area contributed by atoms with Crippen LogP contribution in [0.2, 0.25) is 0 Å². The Morgan fingerprint density at radius 2 is 1.96 bits per heavy atom. The maximum Gasteiger partial charge on any atom is 0.220 e. The molecule has 1 amide bonds. The number of amides is 1. The zero-order chi connectivity index (χ0) is 19.8. The Morgan fingerprint density at radius 1 is 1.21 bits per heavy atom. The number of carbonyl (C=O) groups excluding carboxylic acids is 1. The summed E-state index contributed by atoms with van der Waals surface area (Å²) in [5.74, 6) is 1.99. The van der Waals surface area contributed by atoms with Gasteiger partial charge in [-0.1, -0.05) is 36.7 Å². The molecule has 2 aromatic rings. The van der Waals surface area contributed by atoms with Crippen LogP contribution in [0.15, 0.2) is 29.4 Å². The summed E-state index contributed by atoms with van der Waals surface area (Å²) in [6.07, 6.45) is 10.1. The van der Waals surface area contributed by atoms with Gasteiger partial charge in [-0.3, -0.25) is 4.79 Å². The number of nitrogens with zero attached hydrogens (tertiary/aromatic N) is 3. The lowest BCUT2D eigenvalue weighted by atomic mass is 10.1. The molecule has 3 rings (SSSR count). The molecule has 152 valence electrons. The number of nitrogens with one attached hydrogen (secondary N) is 1. The van der Waals surface area contributed by atoms with Gasteiger partial charge >= 0.3 is 0 Å². The fourth-order valence-corrected chi connectivity index (χ4v) is 4.33. The van der Waals surface area contributed by atoms with Crippen LogP contribution in [-0.4, -0.2) is 40.6 Å². The number of thioether (sulfide) groups is 1. The molecule has 0 atom stereocenters. The number of aryl methyl sites for hydroxylation is 2.